The topological polar surface area (TPSA) is 65.1 Å². The maximum Gasteiger partial charge on any atom is 0.251 e. The van der Waals surface area contributed by atoms with Gasteiger partial charge in [0.25, 0.3) is 5.91 Å². The zero-order valence-corrected chi connectivity index (χ0v) is 13.7. The fraction of sp³-hybridized carbons (Fsp3) is 0.250. The second kappa shape index (κ2) is 7.32. The average Bonchev–Trinajstić information content (AvgIpc) is 3.09. The molecule has 0 unspecified atom stereocenters. The van der Waals surface area contributed by atoms with Gasteiger partial charge in [-0.3, -0.25) is 4.79 Å². The van der Waals surface area contributed by atoms with Crippen molar-refractivity contribution in [2.45, 2.75) is 31.9 Å². The molecule has 0 aliphatic rings. The molecule has 2 atom stereocenters. The van der Waals surface area contributed by atoms with Crippen LogP contribution in [0, 0.1) is 0 Å². The molecule has 4 heteroatoms. The standard InChI is InChI=1S/C20H22N2O2/c1-2-6-17(19(23)15-7-4-3-5-8-15)22-20(24)16-10-9-14-11-12-21-18(14)13-16/h3-5,7-13,17,19,21,23H,2,6H2,1H3,(H,22,24)/t17-,19+/m1/s1. The molecule has 2 aromatic carbocycles. The van der Waals surface area contributed by atoms with Crippen molar-refractivity contribution in [2.24, 2.45) is 0 Å². The Hall–Kier alpha value is -2.59. The van der Waals surface area contributed by atoms with Crippen molar-refractivity contribution < 1.29 is 9.90 Å². The molecular formula is C20H22N2O2. The molecule has 0 aliphatic carbocycles. The van der Waals surface area contributed by atoms with E-state index in [1.807, 2.05) is 67.7 Å². The molecule has 3 N–H and O–H groups in total. The molecule has 124 valence electrons. The summed E-state index contributed by atoms with van der Waals surface area (Å²) in [6, 6.07) is 16.7. The Morgan fingerprint density at radius 1 is 1.17 bits per heavy atom. The number of amides is 1. The molecular weight excluding hydrogens is 300 g/mol. The van der Waals surface area contributed by atoms with E-state index in [1.165, 1.54) is 0 Å². The third-order valence-electron chi connectivity index (χ3n) is 4.26. The highest BCUT2D eigenvalue weighted by Crippen LogP contribution is 2.21. The number of hydrogen-bond acceptors (Lipinski definition) is 2. The normalized spacial score (nSPS) is 13.6. The first kappa shape index (κ1) is 16.3. The summed E-state index contributed by atoms with van der Waals surface area (Å²) < 4.78 is 0. The van der Waals surface area contributed by atoms with Crippen molar-refractivity contribution in [3.63, 3.8) is 0 Å². The second-order valence-electron chi connectivity index (χ2n) is 6.00. The molecule has 0 saturated heterocycles. The van der Waals surface area contributed by atoms with E-state index in [1.54, 1.807) is 0 Å². The Morgan fingerprint density at radius 3 is 2.71 bits per heavy atom. The fourth-order valence-electron chi connectivity index (χ4n) is 2.94. The highest BCUT2D eigenvalue weighted by Gasteiger charge is 2.22. The van der Waals surface area contributed by atoms with Crippen LogP contribution in [0.3, 0.4) is 0 Å². The van der Waals surface area contributed by atoms with Gasteiger partial charge in [0.2, 0.25) is 0 Å². The third-order valence-corrected chi connectivity index (χ3v) is 4.26. The van der Waals surface area contributed by atoms with Gasteiger partial charge in [-0.05, 0) is 35.6 Å². The van der Waals surface area contributed by atoms with E-state index in [0.29, 0.717) is 12.0 Å². The minimum atomic E-state index is -0.718. The lowest BCUT2D eigenvalue weighted by Gasteiger charge is -2.24. The number of carbonyl (C=O) groups excluding carboxylic acids is 1. The summed E-state index contributed by atoms with van der Waals surface area (Å²) in [5, 5.41) is 14.7. The zero-order valence-electron chi connectivity index (χ0n) is 13.7. The number of rotatable bonds is 6. The van der Waals surface area contributed by atoms with Crippen LogP contribution in [0.15, 0.2) is 60.8 Å². The Balaban J connectivity index is 1.78. The van der Waals surface area contributed by atoms with Crippen molar-refractivity contribution in [3.05, 3.63) is 71.9 Å². The van der Waals surface area contributed by atoms with Crippen LogP contribution in [-0.4, -0.2) is 22.0 Å². The van der Waals surface area contributed by atoms with Crippen molar-refractivity contribution in [1.82, 2.24) is 10.3 Å². The number of nitrogens with one attached hydrogen (secondary N) is 2. The zero-order chi connectivity index (χ0) is 16.9. The molecule has 1 aromatic heterocycles. The molecule has 0 aliphatic heterocycles. The first-order valence-electron chi connectivity index (χ1n) is 8.30. The van der Waals surface area contributed by atoms with Gasteiger partial charge in [0.1, 0.15) is 0 Å². The first-order valence-corrected chi connectivity index (χ1v) is 8.30. The van der Waals surface area contributed by atoms with E-state index < -0.39 is 6.10 Å². The summed E-state index contributed by atoms with van der Waals surface area (Å²) in [6.45, 7) is 2.04. The van der Waals surface area contributed by atoms with Crippen LogP contribution in [-0.2, 0) is 0 Å². The van der Waals surface area contributed by atoms with Gasteiger partial charge in [-0.2, -0.15) is 0 Å². The van der Waals surface area contributed by atoms with Crippen molar-refractivity contribution in [3.8, 4) is 0 Å². The van der Waals surface area contributed by atoms with Gasteiger partial charge in [-0.1, -0.05) is 49.7 Å². The van der Waals surface area contributed by atoms with E-state index in [4.69, 9.17) is 0 Å². The summed E-state index contributed by atoms with van der Waals surface area (Å²) >= 11 is 0. The van der Waals surface area contributed by atoms with Crippen LogP contribution in [0.5, 0.6) is 0 Å². The molecule has 3 rings (SSSR count). The quantitative estimate of drug-likeness (QED) is 0.646. The largest absolute Gasteiger partial charge is 0.386 e. The van der Waals surface area contributed by atoms with E-state index in [-0.39, 0.29) is 11.9 Å². The maximum absolute atomic E-state index is 12.6. The molecule has 0 fully saturated rings. The van der Waals surface area contributed by atoms with Crippen LogP contribution in [0.25, 0.3) is 10.9 Å². The monoisotopic (exact) mass is 322 g/mol. The summed E-state index contributed by atoms with van der Waals surface area (Å²) in [5.74, 6) is -0.167. The average molecular weight is 322 g/mol. The van der Waals surface area contributed by atoms with Gasteiger partial charge in [-0.15, -0.1) is 0 Å². The van der Waals surface area contributed by atoms with Crippen LogP contribution < -0.4 is 5.32 Å². The van der Waals surface area contributed by atoms with E-state index in [9.17, 15) is 9.90 Å². The number of aromatic nitrogens is 1. The predicted octanol–water partition coefficient (Wildman–Crippen LogP) is 3.80. The van der Waals surface area contributed by atoms with Gasteiger partial charge >= 0.3 is 0 Å². The van der Waals surface area contributed by atoms with Crippen LogP contribution in [0.4, 0.5) is 0 Å². The molecule has 3 aromatic rings. The number of H-pyrrole nitrogens is 1. The van der Waals surface area contributed by atoms with Crippen molar-refractivity contribution >= 4 is 16.8 Å². The van der Waals surface area contributed by atoms with Gasteiger partial charge in [0, 0.05) is 17.3 Å². The summed E-state index contributed by atoms with van der Waals surface area (Å²) in [4.78, 5) is 15.7. The minimum Gasteiger partial charge on any atom is -0.386 e. The number of carbonyl (C=O) groups is 1. The number of hydrogen-bond donors (Lipinski definition) is 3. The Bertz CT molecular complexity index is 811. The molecule has 0 radical (unpaired) electrons. The van der Waals surface area contributed by atoms with Gasteiger partial charge in [-0.25, -0.2) is 0 Å². The molecule has 0 spiro atoms. The molecule has 0 bridgehead atoms. The van der Waals surface area contributed by atoms with Gasteiger partial charge in [0.15, 0.2) is 0 Å². The van der Waals surface area contributed by atoms with Crippen molar-refractivity contribution in [1.29, 1.82) is 0 Å². The number of aliphatic hydroxyl groups excluding tert-OH is 1. The van der Waals surface area contributed by atoms with E-state index in [0.717, 1.165) is 22.9 Å². The predicted molar refractivity (Wildman–Crippen MR) is 95.9 cm³/mol. The molecule has 24 heavy (non-hydrogen) atoms. The Labute approximate surface area is 141 Å². The fourth-order valence-corrected chi connectivity index (χ4v) is 2.94. The minimum absolute atomic E-state index is 0.167. The number of aromatic amines is 1. The molecule has 4 nitrogen and oxygen atoms in total. The lowest BCUT2D eigenvalue weighted by Crippen LogP contribution is -2.39. The Kier molecular flexibility index (Phi) is 4.96. The SMILES string of the molecule is CCC[C@@H](NC(=O)c1ccc2cc[nH]c2c1)[C@@H](O)c1ccccc1. The third kappa shape index (κ3) is 3.49. The van der Waals surface area contributed by atoms with Gasteiger partial charge < -0.3 is 15.4 Å². The lowest BCUT2D eigenvalue weighted by atomic mass is 9.98. The lowest BCUT2D eigenvalue weighted by molar-refractivity contribution is 0.0820. The molecule has 1 amide bonds. The first-order chi connectivity index (χ1) is 11.7. The van der Waals surface area contributed by atoms with E-state index >= 15 is 0 Å². The summed E-state index contributed by atoms with van der Waals surface area (Å²) in [6.07, 6.45) is 2.73. The van der Waals surface area contributed by atoms with Crippen LogP contribution in [0.1, 0.15) is 41.8 Å². The number of aliphatic hydroxyl groups is 1. The summed E-state index contributed by atoms with van der Waals surface area (Å²) in [5.41, 5.74) is 2.33. The smallest absolute Gasteiger partial charge is 0.251 e. The highest BCUT2D eigenvalue weighted by atomic mass is 16.3. The summed E-state index contributed by atoms with van der Waals surface area (Å²) in [7, 11) is 0. The second-order valence-corrected chi connectivity index (χ2v) is 6.00. The van der Waals surface area contributed by atoms with Crippen LogP contribution in [0.2, 0.25) is 0 Å². The molecule has 0 saturated carbocycles. The van der Waals surface area contributed by atoms with Crippen LogP contribution >= 0.6 is 0 Å². The van der Waals surface area contributed by atoms with Gasteiger partial charge in [0.05, 0.1) is 12.1 Å². The van der Waals surface area contributed by atoms with Crippen molar-refractivity contribution in [2.75, 3.05) is 0 Å². The highest BCUT2D eigenvalue weighted by molar-refractivity contribution is 5.98. The maximum atomic E-state index is 12.6. The number of fused-ring (bicyclic) bond motifs is 1. The number of benzene rings is 2. The van der Waals surface area contributed by atoms with E-state index in [2.05, 4.69) is 10.3 Å². The molecule has 1 heterocycles. The Morgan fingerprint density at radius 2 is 1.96 bits per heavy atom.